The Balaban J connectivity index is 2.19. The van der Waals surface area contributed by atoms with Crippen LogP contribution in [0.25, 0.3) is 0 Å². The van der Waals surface area contributed by atoms with Crippen molar-refractivity contribution in [3.63, 3.8) is 0 Å². The molecule has 1 aliphatic carbocycles. The average molecular weight is 286 g/mol. The van der Waals surface area contributed by atoms with Gasteiger partial charge in [-0.15, -0.1) is 5.10 Å². The minimum absolute atomic E-state index is 0.414. The summed E-state index contributed by atoms with van der Waals surface area (Å²) < 4.78 is 0. The van der Waals surface area contributed by atoms with Crippen LogP contribution >= 0.6 is 0 Å². The first-order chi connectivity index (χ1) is 10.0. The summed E-state index contributed by atoms with van der Waals surface area (Å²) in [7, 11) is 0. The number of aromatic nitrogens is 2. The SMILES string of the molecule is CCc1nnc(NC2CCC(C)(C)CC2)c(C#N)c1CC. The topological polar surface area (TPSA) is 61.6 Å². The van der Waals surface area contributed by atoms with Gasteiger partial charge >= 0.3 is 0 Å². The van der Waals surface area contributed by atoms with Crippen molar-refractivity contribution in [1.29, 1.82) is 5.26 Å². The number of hydrogen-bond acceptors (Lipinski definition) is 4. The highest BCUT2D eigenvalue weighted by Gasteiger charge is 2.27. The highest BCUT2D eigenvalue weighted by atomic mass is 15.2. The Morgan fingerprint density at radius 1 is 1.19 bits per heavy atom. The number of nitrogens with one attached hydrogen (secondary N) is 1. The first-order valence-corrected chi connectivity index (χ1v) is 8.05. The van der Waals surface area contributed by atoms with Crippen molar-refractivity contribution in [1.82, 2.24) is 10.2 Å². The van der Waals surface area contributed by atoms with Crippen LogP contribution in [0.5, 0.6) is 0 Å². The van der Waals surface area contributed by atoms with Crippen LogP contribution < -0.4 is 5.32 Å². The maximum absolute atomic E-state index is 9.51. The standard InChI is InChI=1S/C17H26N4/c1-5-13-14(11-18)16(21-20-15(13)6-2)19-12-7-9-17(3,4)10-8-12/h12H,5-10H2,1-4H3,(H,19,21). The van der Waals surface area contributed by atoms with E-state index >= 15 is 0 Å². The summed E-state index contributed by atoms with van der Waals surface area (Å²) in [6, 6.07) is 2.74. The number of rotatable bonds is 4. The lowest BCUT2D eigenvalue weighted by Crippen LogP contribution is -2.30. The van der Waals surface area contributed by atoms with Crippen LogP contribution in [-0.4, -0.2) is 16.2 Å². The molecule has 0 atom stereocenters. The van der Waals surface area contributed by atoms with Crippen LogP contribution in [-0.2, 0) is 12.8 Å². The third kappa shape index (κ3) is 3.53. The van der Waals surface area contributed by atoms with E-state index in [1.807, 2.05) is 0 Å². The van der Waals surface area contributed by atoms with Gasteiger partial charge in [0.2, 0.25) is 0 Å². The zero-order chi connectivity index (χ0) is 15.5. The molecular weight excluding hydrogens is 260 g/mol. The second-order valence-corrected chi connectivity index (χ2v) is 6.75. The molecule has 21 heavy (non-hydrogen) atoms. The first-order valence-electron chi connectivity index (χ1n) is 8.05. The molecule has 0 bridgehead atoms. The molecule has 1 aromatic rings. The Labute approximate surface area is 128 Å². The Kier molecular flexibility index (Phi) is 4.82. The van der Waals surface area contributed by atoms with E-state index in [0.717, 1.165) is 36.9 Å². The minimum atomic E-state index is 0.414. The molecule has 0 aliphatic heterocycles. The maximum atomic E-state index is 9.51. The molecule has 4 nitrogen and oxygen atoms in total. The van der Waals surface area contributed by atoms with Crippen molar-refractivity contribution in [2.24, 2.45) is 5.41 Å². The highest BCUT2D eigenvalue weighted by molar-refractivity contribution is 5.56. The van der Waals surface area contributed by atoms with Gasteiger partial charge in [0.1, 0.15) is 11.6 Å². The van der Waals surface area contributed by atoms with Crippen molar-refractivity contribution in [2.45, 2.75) is 72.3 Å². The Hall–Kier alpha value is -1.63. The number of nitriles is 1. The zero-order valence-electron chi connectivity index (χ0n) is 13.7. The summed E-state index contributed by atoms with van der Waals surface area (Å²) in [6.45, 7) is 8.79. The van der Waals surface area contributed by atoms with Gasteiger partial charge in [0.05, 0.1) is 5.69 Å². The molecule has 0 unspecified atom stereocenters. The predicted molar refractivity (Wildman–Crippen MR) is 85.2 cm³/mol. The van der Waals surface area contributed by atoms with Crippen molar-refractivity contribution in [2.75, 3.05) is 5.32 Å². The van der Waals surface area contributed by atoms with E-state index in [2.05, 4.69) is 49.3 Å². The lowest BCUT2D eigenvalue weighted by molar-refractivity contribution is 0.232. The second kappa shape index (κ2) is 6.43. The molecule has 1 N–H and O–H groups in total. The van der Waals surface area contributed by atoms with E-state index in [9.17, 15) is 5.26 Å². The van der Waals surface area contributed by atoms with Gasteiger partial charge in [-0.25, -0.2) is 0 Å². The molecule has 1 saturated carbocycles. The molecule has 0 aromatic carbocycles. The monoisotopic (exact) mass is 286 g/mol. The second-order valence-electron chi connectivity index (χ2n) is 6.75. The summed E-state index contributed by atoms with van der Waals surface area (Å²) >= 11 is 0. The van der Waals surface area contributed by atoms with Gasteiger partial charge in [0.15, 0.2) is 5.82 Å². The molecule has 1 aliphatic rings. The van der Waals surface area contributed by atoms with E-state index in [1.165, 1.54) is 12.8 Å². The largest absolute Gasteiger partial charge is 0.365 e. The Bertz CT molecular complexity index is 532. The lowest BCUT2D eigenvalue weighted by atomic mass is 9.75. The Morgan fingerprint density at radius 3 is 2.38 bits per heavy atom. The third-order valence-electron chi connectivity index (χ3n) is 4.64. The molecule has 0 spiro atoms. The normalized spacial score (nSPS) is 18.2. The number of aryl methyl sites for hydroxylation is 1. The van der Waals surface area contributed by atoms with Gasteiger partial charge in [0, 0.05) is 6.04 Å². The van der Waals surface area contributed by atoms with Crippen molar-refractivity contribution >= 4 is 5.82 Å². The van der Waals surface area contributed by atoms with Crippen molar-refractivity contribution in [3.8, 4) is 6.07 Å². The molecule has 4 heteroatoms. The lowest BCUT2D eigenvalue weighted by Gasteiger charge is -2.34. The van der Waals surface area contributed by atoms with Crippen molar-refractivity contribution in [3.05, 3.63) is 16.8 Å². The summed E-state index contributed by atoms with van der Waals surface area (Å²) in [6.07, 6.45) is 6.35. The summed E-state index contributed by atoms with van der Waals surface area (Å²) in [5.41, 5.74) is 3.13. The average Bonchev–Trinajstić information content (AvgIpc) is 2.48. The maximum Gasteiger partial charge on any atom is 0.167 e. The molecule has 1 fully saturated rings. The minimum Gasteiger partial charge on any atom is -0.365 e. The quantitative estimate of drug-likeness (QED) is 0.913. The van der Waals surface area contributed by atoms with E-state index < -0.39 is 0 Å². The van der Waals surface area contributed by atoms with Gasteiger partial charge in [-0.05, 0) is 49.5 Å². The van der Waals surface area contributed by atoms with Crippen LogP contribution in [0, 0.1) is 16.7 Å². The first kappa shape index (κ1) is 15.8. The molecule has 1 aromatic heterocycles. The molecule has 0 radical (unpaired) electrons. The summed E-state index contributed by atoms with van der Waals surface area (Å²) in [5, 5.41) is 21.6. The molecule has 1 heterocycles. The van der Waals surface area contributed by atoms with E-state index in [1.54, 1.807) is 0 Å². The van der Waals surface area contributed by atoms with Crippen LogP contribution in [0.4, 0.5) is 5.82 Å². The number of nitrogens with zero attached hydrogens (tertiary/aromatic N) is 3. The zero-order valence-corrected chi connectivity index (χ0v) is 13.7. The van der Waals surface area contributed by atoms with Gasteiger partial charge in [-0.1, -0.05) is 27.7 Å². The van der Waals surface area contributed by atoms with Gasteiger partial charge < -0.3 is 5.32 Å². The molecule has 2 rings (SSSR count). The van der Waals surface area contributed by atoms with Gasteiger partial charge in [0.25, 0.3) is 0 Å². The fourth-order valence-electron chi connectivity index (χ4n) is 3.13. The highest BCUT2D eigenvalue weighted by Crippen LogP contribution is 2.36. The van der Waals surface area contributed by atoms with Gasteiger partial charge in [-0.2, -0.15) is 10.4 Å². The van der Waals surface area contributed by atoms with E-state index in [-0.39, 0.29) is 0 Å². The summed E-state index contributed by atoms with van der Waals surface area (Å²) in [5.74, 6) is 0.677. The van der Waals surface area contributed by atoms with Crippen LogP contribution in [0.15, 0.2) is 0 Å². The van der Waals surface area contributed by atoms with Crippen LogP contribution in [0.1, 0.15) is 70.2 Å². The molecule has 0 amide bonds. The summed E-state index contributed by atoms with van der Waals surface area (Å²) in [4.78, 5) is 0. The number of hydrogen-bond donors (Lipinski definition) is 1. The Morgan fingerprint density at radius 2 is 1.86 bits per heavy atom. The predicted octanol–water partition coefficient (Wildman–Crippen LogP) is 3.85. The van der Waals surface area contributed by atoms with Crippen LogP contribution in [0.3, 0.4) is 0 Å². The fourth-order valence-corrected chi connectivity index (χ4v) is 3.13. The number of anilines is 1. The molecule has 0 saturated heterocycles. The molecular formula is C17H26N4. The fraction of sp³-hybridized carbons (Fsp3) is 0.706. The smallest absolute Gasteiger partial charge is 0.167 e. The van der Waals surface area contributed by atoms with Crippen molar-refractivity contribution < 1.29 is 0 Å². The van der Waals surface area contributed by atoms with E-state index in [4.69, 9.17) is 0 Å². The third-order valence-corrected chi connectivity index (χ3v) is 4.64. The van der Waals surface area contributed by atoms with E-state index in [0.29, 0.717) is 22.8 Å². The van der Waals surface area contributed by atoms with Gasteiger partial charge in [-0.3, -0.25) is 0 Å². The molecule has 114 valence electrons. The van der Waals surface area contributed by atoms with Crippen LogP contribution in [0.2, 0.25) is 0 Å².